The third-order valence-corrected chi connectivity index (χ3v) is 5.46. The van der Waals surface area contributed by atoms with E-state index in [0.717, 1.165) is 37.4 Å². The number of nitrogens with two attached hydrogens (primary N) is 1. The first-order valence-electron chi connectivity index (χ1n) is 8.48. The molecule has 1 aliphatic carbocycles. The van der Waals surface area contributed by atoms with Crippen LogP contribution in [0.15, 0.2) is 18.2 Å². The van der Waals surface area contributed by atoms with Gasteiger partial charge in [-0.15, -0.1) is 0 Å². The molecule has 2 heterocycles. The van der Waals surface area contributed by atoms with E-state index in [-0.39, 0.29) is 11.3 Å². The number of carbonyl (C=O) groups is 1. The summed E-state index contributed by atoms with van der Waals surface area (Å²) in [5.41, 5.74) is 7.12. The van der Waals surface area contributed by atoms with Crippen molar-refractivity contribution in [3.8, 4) is 11.5 Å². The molecule has 2 N–H and O–H groups in total. The molecule has 3 unspecified atom stereocenters. The third-order valence-electron chi connectivity index (χ3n) is 5.46. The van der Waals surface area contributed by atoms with Crippen LogP contribution < -0.4 is 15.2 Å². The summed E-state index contributed by atoms with van der Waals surface area (Å²) in [7, 11) is 0. The number of fused-ring (bicyclic) bond motifs is 1. The van der Waals surface area contributed by atoms with Crippen LogP contribution in [0.5, 0.6) is 11.5 Å². The Labute approximate surface area is 136 Å². The van der Waals surface area contributed by atoms with Gasteiger partial charge in [-0.05, 0) is 48.4 Å². The van der Waals surface area contributed by atoms with Crippen molar-refractivity contribution in [1.82, 2.24) is 4.90 Å². The monoisotopic (exact) mass is 316 g/mol. The lowest BCUT2D eigenvalue weighted by Crippen LogP contribution is -2.35. The molecule has 1 saturated heterocycles. The van der Waals surface area contributed by atoms with Crippen LogP contribution in [0, 0.1) is 11.3 Å². The van der Waals surface area contributed by atoms with E-state index in [1.165, 1.54) is 5.56 Å². The molecule has 4 rings (SSSR count). The summed E-state index contributed by atoms with van der Waals surface area (Å²) in [6.07, 6.45) is 1.95. The van der Waals surface area contributed by atoms with Crippen molar-refractivity contribution in [3.05, 3.63) is 23.8 Å². The molecule has 5 nitrogen and oxygen atoms in total. The highest BCUT2D eigenvalue weighted by Crippen LogP contribution is 2.50. The topological polar surface area (TPSA) is 64.8 Å². The number of hydrogen-bond donors (Lipinski definition) is 1. The van der Waals surface area contributed by atoms with E-state index < -0.39 is 0 Å². The van der Waals surface area contributed by atoms with Gasteiger partial charge in [0.25, 0.3) is 0 Å². The van der Waals surface area contributed by atoms with Gasteiger partial charge in [0, 0.05) is 19.0 Å². The highest BCUT2D eigenvalue weighted by Gasteiger charge is 2.48. The summed E-state index contributed by atoms with van der Waals surface area (Å²) in [4.78, 5) is 14.7. The van der Waals surface area contributed by atoms with Gasteiger partial charge in [0.2, 0.25) is 5.91 Å². The number of ether oxygens (including phenoxy) is 2. The van der Waals surface area contributed by atoms with Gasteiger partial charge in [-0.2, -0.15) is 0 Å². The molecule has 0 bridgehead atoms. The first-order valence-corrected chi connectivity index (χ1v) is 8.48. The largest absolute Gasteiger partial charge is 0.486 e. The van der Waals surface area contributed by atoms with E-state index >= 15 is 0 Å². The summed E-state index contributed by atoms with van der Waals surface area (Å²) in [5.74, 6) is 2.35. The molecule has 5 heteroatoms. The average Bonchev–Trinajstić information content (AvgIpc) is 3.29. The number of likely N-dealkylation sites (tertiary alicyclic amines) is 1. The molecule has 0 radical (unpaired) electrons. The molecule has 0 spiro atoms. The zero-order valence-corrected chi connectivity index (χ0v) is 13.6. The van der Waals surface area contributed by atoms with Crippen molar-refractivity contribution >= 4 is 5.91 Å². The Bertz CT molecular complexity index is 633. The van der Waals surface area contributed by atoms with Gasteiger partial charge in [-0.1, -0.05) is 13.0 Å². The summed E-state index contributed by atoms with van der Waals surface area (Å²) in [6, 6.07) is 6.07. The lowest BCUT2D eigenvalue weighted by Gasteiger charge is -2.22. The number of amides is 1. The number of rotatable bonds is 3. The molecule has 2 aliphatic heterocycles. The molecule has 124 valence electrons. The normalized spacial score (nSPS) is 32.0. The van der Waals surface area contributed by atoms with Gasteiger partial charge in [0.1, 0.15) is 13.2 Å². The predicted molar refractivity (Wildman–Crippen MR) is 86.6 cm³/mol. The van der Waals surface area contributed by atoms with Gasteiger partial charge >= 0.3 is 0 Å². The van der Waals surface area contributed by atoms with Crippen molar-refractivity contribution in [1.29, 1.82) is 0 Å². The van der Waals surface area contributed by atoms with Crippen LogP contribution in [0.3, 0.4) is 0 Å². The van der Waals surface area contributed by atoms with E-state index in [2.05, 4.69) is 13.0 Å². The molecular formula is C18H24N2O3. The van der Waals surface area contributed by atoms with Gasteiger partial charge < -0.3 is 20.1 Å². The van der Waals surface area contributed by atoms with Gasteiger partial charge in [0.15, 0.2) is 11.5 Å². The second-order valence-corrected chi connectivity index (χ2v) is 7.38. The highest BCUT2D eigenvalue weighted by molar-refractivity contribution is 5.83. The number of hydrogen-bond acceptors (Lipinski definition) is 4. The fraction of sp³-hybridized carbons (Fsp3) is 0.611. The van der Waals surface area contributed by atoms with Crippen molar-refractivity contribution in [2.75, 3.05) is 32.8 Å². The molecule has 23 heavy (non-hydrogen) atoms. The minimum absolute atomic E-state index is 0.0943. The molecule has 0 aromatic heterocycles. The van der Waals surface area contributed by atoms with Crippen molar-refractivity contribution in [2.24, 2.45) is 17.1 Å². The second kappa shape index (κ2) is 5.41. The zero-order chi connectivity index (χ0) is 16.0. The van der Waals surface area contributed by atoms with Gasteiger partial charge in [0.05, 0.1) is 0 Å². The Kier molecular flexibility index (Phi) is 3.48. The van der Waals surface area contributed by atoms with Crippen LogP contribution in [0.2, 0.25) is 0 Å². The molecule has 1 saturated carbocycles. The minimum atomic E-state index is 0.0943. The van der Waals surface area contributed by atoms with E-state index in [1.54, 1.807) is 0 Å². The second-order valence-electron chi connectivity index (χ2n) is 7.38. The molecule has 1 aromatic carbocycles. The van der Waals surface area contributed by atoms with Crippen LogP contribution in [0.1, 0.15) is 31.2 Å². The van der Waals surface area contributed by atoms with Crippen LogP contribution in [-0.4, -0.2) is 43.7 Å². The van der Waals surface area contributed by atoms with Crippen molar-refractivity contribution < 1.29 is 14.3 Å². The van der Waals surface area contributed by atoms with E-state index in [1.807, 2.05) is 17.0 Å². The molecule has 1 aromatic rings. The number of nitrogens with zero attached hydrogens (tertiary/aromatic N) is 1. The quantitative estimate of drug-likeness (QED) is 0.923. The first-order chi connectivity index (χ1) is 11.1. The summed E-state index contributed by atoms with van der Waals surface area (Å²) < 4.78 is 11.2. The highest BCUT2D eigenvalue weighted by atomic mass is 16.6. The number of carbonyl (C=O) groups excluding carboxylic acids is 1. The maximum atomic E-state index is 12.7. The fourth-order valence-corrected chi connectivity index (χ4v) is 3.74. The average molecular weight is 316 g/mol. The lowest BCUT2D eigenvalue weighted by atomic mass is 9.90. The Morgan fingerprint density at radius 3 is 2.87 bits per heavy atom. The van der Waals surface area contributed by atoms with Crippen LogP contribution in [0.4, 0.5) is 0 Å². The van der Waals surface area contributed by atoms with E-state index in [0.29, 0.717) is 31.6 Å². The van der Waals surface area contributed by atoms with E-state index in [4.69, 9.17) is 15.2 Å². The van der Waals surface area contributed by atoms with Crippen molar-refractivity contribution in [3.63, 3.8) is 0 Å². The van der Waals surface area contributed by atoms with Crippen LogP contribution >= 0.6 is 0 Å². The summed E-state index contributed by atoms with van der Waals surface area (Å²) >= 11 is 0. The summed E-state index contributed by atoms with van der Waals surface area (Å²) in [6.45, 7) is 5.66. The third kappa shape index (κ3) is 2.67. The Hall–Kier alpha value is -1.75. The zero-order valence-electron chi connectivity index (χ0n) is 13.6. The molecule has 3 atom stereocenters. The predicted octanol–water partition coefficient (Wildman–Crippen LogP) is 1.76. The van der Waals surface area contributed by atoms with Gasteiger partial charge in [-0.3, -0.25) is 4.79 Å². The molecule has 3 aliphatic rings. The van der Waals surface area contributed by atoms with Crippen LogP contribution in [-0.2, 0) is 4.79 Å². The van der Waals surface area contributed by atoms with E-state index in [9.17, 15) is 4.79 Å². The standard InChI is InChI=1S/C18H24N2O3/c1-18(10-19)4-5-20(11-18)17(21)14-9-13(14)12-2-3-15-16(8-12)23-7-6-22-15/h2-3,8,13-14H,4-7,9-11,19H2,1H3. The SMILES string of the molecule is CC1(CN)CCN(C(=O)C2CC2c2ccc3c(c2)OCCO3)C1. The Balaban J connectivity index is 1.43. The van der Waals surface area contributed by atoms with Crippen molar-refractivity contribution in [2.45, 2.75) is 25.7 Å². The van der Waals surface area contributed by atoms with Gasteiger partial charge in [-0.25, -0.2) is 0 Å². The molecule has 2 fully saturated rings. The number of benzene rings is 1. The van der Waals surface area contributed by atoms with Crippen LogP contribution in [0.25, 0.3) is 0 Å². The fourth-order valence-electron chi connectivity index (χ4n) is 3.74. The molecular weight excluding hydrogens is 292 g/mol. The minimum Gasteiger partial charge on any atom is -0.486 e. The Morgan fingerprint density at radius 1 is 1.35 bits per heavy atom. The smallest absolute Gasteiger partial charge is 0.226 e. The Morgan fingerprint density at radius 2 is 2.13 bits per heavy atom. The molecule has 1 amide bonds. The lowest BCUT2D eigenvalue weighted by molar-refractivity contribution is -0.132. The maximum absolute atomic E-state index is 12.7. The first kappa shape index (κ1) is 14.8. The maximum Gasteiger partial charge on any atom is 0.226 e. The summed E-state index contributed by atoms with van der Waals surface area (Å²) in [5, 5.41) is 0.